The van der Waals surface area contributed by atoms with Gasteiger partial charge in [-0.25, -0.2) is 0 Å². The number of fused-ring (bicyclic) bond motifs is 9. The van der Waals surface area contributed by atoms with Gasteiger partial charge in [0.2, 0.25) is 0 Å². The number of phenols is 2. The first-order chi connectivity index (χ1) is 19.0. The summed E-state index contributed by atoms with van der Waals surface area (Å²) in [6.07, 6.45) is 5.19. The van der Waals surface area contributed by atoms with Crippen molar-refractivity contribution in [1.29, 1.82) is 0 Å². The van der Waals surface area contributed by atoms with Crippen LogP contribution < -0.4 is 10.1 Å². The second kappa shape index (κ2) is 12.9. The Labute approximate surface area is 238 Å². The van der Waals surface area contributed by atoms with Gasteiger partial charge in [0.1, 0.15) is 11.5 Å². The van der Waals surface area contributed by atoms with Crippen LogP contribution in [0.15, 0.2) is 42.5 Å². The molecule has 39 heavy (non-hydrogen) atoms. The van der Waals surface area contributed by atoms with Gasteiger partial charge in [-0.05, 0) is 90.7 Å². The van der Waals surface area contributed by atoms with Crippen LogP contribution in [0.1, 0.15) is 54.9 Å². The number of methoxy groups -OCH3 is 1. The normalized spacial score (nSPS) is 22.4. The molecule has 2 bridgehead atoms. The molecule has 6 nitrogen and oxygen atoms in total. The average molecular weight is 568 g/mol. The summed E-state index contributed by atoms with van der Waals surface area (Å²) in [5.41, 5.74) is 3.92. The van der Waals surface area contributed by atoms with Crippen molar-refractivity contribution in [2.75, 3.05) is 26.6 Å². The van der Waals surface area contributed by atoms with Crippen LogP contribution in [0.2, 0.25) is 0 Å². The molecule has 0 aromatic heterocycles. The lowest BCUT2D eigenvalue weighted by Crippen LogP contribution is -2.31. The molecule has 8 heteroatoms. The van der Waals surface area contributed by atoms with E-state index in [4.69, 9.17) is 9.47 Å². The van der Waals surface area contributed by atoms with E-state index in [0.717, 1.165) is 64.5 Å². The third-order valence-electron chi connectivity index (χ3n) is 7.92. The summed E-state index contributed by atoms with van der Waals surface area (Å²) in [6.45, 7) is 0.424. The van der Waals surface area contributed by atoms with Crippen molar-refractivity contribution < 1.29 is 24.5 Å². The Morgan fingerprint density at radius 2 is 1.90 bits per heavy atom. The highest BCUT2D eigenvalue weighted by Crippen LogP contribution is 2.52. The predicted octanol–water partition coefficient (Wildman–Crippen LogP) is 7.01. The molecule has 1 aliphatic heterocycles. The number of aromatic hydroxyl groups is 2. The van der Waals surface area contributed by atoms with Gasteiger partial charge >= 0.3 is 0 Å². The van der Waals surface area contributed by atoms with Gasteiger partial charge in [0.05, 0.1) is 19.9 Å². The number of nitrogens with one attached hydrogen (secondary N) is 1. The maximum Gasteiger partial charge on any atom is 0.168 e. The molecule has 3 atom stereocenters. The van der Waals surface area contributed by atoms with Gasteiger partial charge in [-0.3, -0.25) is 10.1 Å². The van der Waals surface area contributed by atoms with Crippen LogP contribution in [-0.4, -0.2) is 48.7 Å². The van der Waals surface area contributed by atoms with Crippen LogP contribution in [-0.2, 0) is 16.0 Å². The van der Waals surface area contributed by atoms with Gasteiger partial charge in [-0.2, -0.15) is 0 Å². The molecule has 2 aliphatic rings. The number of aryl methyl sites for hydroxylation is 1. The zero-order valence-corrected chi connectivity index (χ0v) is 24.2. The largest absolute Gasteiger partial charge is 0.508 e. The van der Waals surface area contributed by atoms with E-state index in [9.17, 15) is 15.0 Å². The van der Waals surface area contributed by atoms with Crippen LogP contribution >= 0.6 is 21.6 Å². The summed E-state index contributed by atoms with van der Waals surface area (Å²) in [4.78, 5) is 13.3. The highest BCUT2D eigenvalue weighted by Gasteiger charge is 2.31. The minimum absolute atomic E-state index is 0.0749. The number of hydrogen-bond acceptors (Lipinski definition) is 8. The van der Waals surface area contributed by atoms with E-state index in [1.165, 1.54) is 0 Å². The standard InChI is InChI=1S/C31H37NO5S2/c1-32-18-37-27-17-23(34)11-6-21-8-13-26(35)31(36-2)29(21)24-12-7-19-5-10-22(33)16-25(19)30(24)28-14-9-20(27)4-3-15-38-39-28/h5,7-8,10,12-13,16,20,27-28,32-33,35H,3-4,6,9,11,14-15,17-18H2,1-2H3/t20-,27+,28-/m1/s1. The minimum atomic E-state index is -0.121. The van der Waals surface area contributed by atoms with Crippen molar-refractivity contribution >= 4 is 38.1 Å². The first-order valence-corrected chi connectivity index (χ1v) is 16.1. The Kier molecular flexibility index (Phi) is 9.28. The number of ketones is 1. The molecule has 1 aliphatic carbocycles. The maximum absolute atomic E-state index is 13.3. The molecule has 3 N–H and O–H groups in total. The summed E-state index contributed by atoms with van der Waals surface area (Å²) in [5, 5.41) is 26.7. The van der Waals surface area contributed by atoms with E-state index in [-0.39, 0.29) is 34.6 Å². The molecule has 3 aromatic rings. The summed E-state index contributed by atoms with van der Waals surface area (Å²) in [7, 11) is 7.23. The van der Waals surface area contributed by atoms with E-state index in [1.807, 2.05) is 46.8 Å². The third kappa shape index (κ3) is 6.19. The zero-order valence-electron chi connectivity index (χ0n) is 22.6. The van der Waals surface area contributed by atoms with Crippen molar-refractivity contribution in [3.63, 3.8) is 0 Å². The van der Waals surface area contributed by atoms with E-state index in [2.05, 4.69) is 17.4 Å². The number of phenolic OH excluding ortho intramolecular Hbond substituents is 2. The Hall–Kier alpha value is -2.39. The number of rotatable bonds is 4. The summed E-state index contributed by atoms with van der Waals surface area (Å²) in [5.74, 6) is 2.23. The maximum atomic E-state index is 13.3. The summed E-state index contributed by atoms with van der Waals surface area (Å²) >= 11 is 0. The second-order valence-corrected chi connectivity index (χ2v) is 13.1. The molecule has 208 valence electrons. The van der Waals surface area contributed by atoms with E-state index in [1.54, 1.807) is 19.2 Å². The molecular formula is C31H37NO5S2. The Balaban J connectivity index is 1.75. The summed E-state index contributed by atoms with van der Waals surface area (Å²) in [6, 6.07) is 13.3. The molecule has 1 saturated heterocycles. The fraction of sp³-hybridized carbons (Fsp3) is 0.452. The summed E-state index contributed by atoms with van der Waals surface area (Å²) < 4.78 is 12.0. The molecule has 5 rings (SSSR count). The zero-order chi connectivity index (χ0) is 27.4. The van der Waals surface area contributed by atoms with Crippen molar-refractivity contribution in [1.82, 2.24) is 5.32 Å². The Bertz CT molecular complexity index is 1330. The monoisotopic (exact) mass is 567 g/mol. The van der Waals surface area contributed by atoms with Gasteiger partial charge in [0, 0.05) is 29.4 Å². The highest BCUT2D eigenvalue weighted by atomic mass is 33.1. The number of ether oxygens (including phenoxy) is 2. The van der Waals surface area contributed by atoms with Crippen LogP contribution in [0.5, 0.6) is 17.2 Å². The van der Waals surface area contributed by atoms with Crippen molar-refractivity contribution in [3.05, 3.63) is 53.6 Å². The van der Waals surface area contributed by atoms with E-state index >= 15 is 0 Å². The fourth-order valence-electron chi connectivity index (χ4n) is 6.03. The molecule has 0 radical (unpaired) electrons. The molecule has 0 amide bonds. The topological polar surface area (TPSA) is 88.0 Å². The average Bonchev–Trinajstić information content (AvgIpc) is 3.06. The van der Waals surface area contributed by atoms with Crippen molar-refractivity contribution in [2.45, 2.75) is 56.3 Å². The lowest BCUT2D eigenvalue weighted by molar-refractivity contribution is -0.123. The van der Waals surface area contributed by atoms with Gasteiger partial charge in [0.25, 0.3) is 0 Å². The molecule has 0 saturated carbocycles. The van der Waals surface area contributed by atoms with E-state index < -0.39 is 0 Å². The van der Waals surface area contributed by atoms with Crippen LogP contribution in [0, 0.1) is 5.92 Å². The van der Waals surface area contributed by atoms with Gasteiger partial charge in [0.15, 0.2) is 11.5 Å². The molecule has 1 fully saturated rings. The first kappa shape index (κ1) is 28.1. The fourth-order valence-corrected chi connectivity index (χ4v) is 8.87. The SMILES string of the molecule is CNCO[C@H]1CC(=O)CCc2ccc(O)c(OC)c2-c2ccc3ccc(O)cc3c2[C@H]2CC[C@H]1CCCSS2. The Morgan fingerprint density at radius 1 is 1.05 bits per heavy atom. The first-order valence-electron chi connectivity index (χ1n) is 13.7. The van der Waals surface area contributed by atoms with Gasteiger partial charge in [-0.15, -0.1) is 0 Å². The number of hydrogen-bond donors (Lipinski definition) is 3. The quantitative estimate of drug-likeness (QED) is 0.229. The number of carbonyl (C=O) groups excluding carboxylic acids is 1. The number of Topliss-reactive ketones (excluding diaryl/α,β-unsaturated/α-hetero) is 1. The minimum Gasteiger partial charge on any atom is -0.508 e. The van der Waals surface area contributed by atoms with Crippen molar-refractivity contribution in [3.8, 4) is 28.4 Å². The van der Waals surface area contributed by atoms with Crippen LogP contribution in [0.25, 0.3) is 21.9 Å². The molecule has 0 spiro atoms. The van der Waals surface area contributed by atoms with E-state index in [0.29, 0.717) is 31.7 Å². The smallest absolute Gasteiger partial charge is 0.168 e. The van der Waals surface area contributed by atoms with Gasteiger partial charge < -0.3 is 19.7 Å². The highest BCUT2D eigenvalue weighted by molar-refractivity contribution is 8.76. The number of carbonyl (C=O) groups is 1. The van der Waals surface area contributed by atoms with Crippen molar-refractivity contribution in [2.24, 2.45) is 5.92 Å². The van der Waals surface area contributed by atoms with Crippen LogP contribution in [0.3, 0.4) is 0 Å². The molecule has 3 aromatic carbocycles. The van der Waals surface area contributed by atoms with Gasteiger partial charge in [-0.1, -0.05) is 45.9 Å². The van der Waals surface area contributed by atoms with Crippen LogP contribution in [0.4, 0.5) is 0 Å². The molecule has 1 heterocycles. The second-order valence-electron chi connectivity index (χ2n) is 10.4. The molecular weight excluding hydrogens is 530 g/mol. The third-order valence-corrected chi connectivity index (χ3v) is 10.8. The number of benzene rings is 3. The lowest BCUT2D eigenvalue weighted by atomic mass is 9.85. The Morgan fingerprint density at radius 3 is 2.72 bits per heavy atom. The molecule has 0 unspecified atom stereocenters. The lowest BCUT2D eigenvalue weighted by Gasteiger charge is -2.28. The predicted molar refractivity (Wildman–Crippen MR) is 161 cm³/mol.